The highest BCUT2D eigenvalue weighted by atomic mass is 32.2. The molecule has 2 N–H and O–H groups in total. The van der Waals surface area contributed by atoms with Gasteiger partial charge in [0.2, 0.25) is 0 Å². The smallest absolute Gasteiger partial charge is 0.251 e. The molecule has 11 heteroatoms. The zero-order valence-corrected chi connectivity index (χ0v) is 24.6. The Labute approximate surface area is 242 Å². The van der Waals surface area contributed by atoms with Crippen LogP contribution in [-0.4, -0.2) is 60.1 Å². The second-order valence-electron chi connectivity index (χ2n) is 10.4. The number of carbonyl (C=O) groups is 1. The van der Waals surface area contributed by atoms with Gasteiger partial charge >= 0.3 is 0 Å². The number of aromatic amines is 1. The number of nitrogens with one attached hydrogen (secondary N) is 2. The van der Waals surface area contributed by atoms with Crippen molar-refractivity contribution in [3.63, 3.8) is 0 Å². The molecule has 3 aromatic heterocycles. The summed E-state index contributed by atoms with van der Waals surface area (Å²) in [7, 11) is -1.57. The van der Waals surface area contributed by atoms with E-state index in [9.17, 15) is 13.2 Å². The molecule has 3 heterocycles. The summed E-state index contributed by atoms with van der Waals surface area (Å²) in [6.45, 7) is 5.65. The molecule has 3 aromatic carbocycles. The SMILES string of the molecule is COc1cc2c(cc1-c1c(C)noc1C)[nH]c1nc(C)nc(-c3ccc(C(=O)NCCS(C)(=O)=O)c4ccccc34)c12. The normalized spacial score (nSPS) is 11.9. The molecule has 0 atom stereocenters. The van der Waals surface area contributed by atoms with Crippen LogP contribution in [0, 0.1) is 20.8 Å². The van der Waals surface area contributed by atoms with Crippen molar-refractivity contribution in [2.24, 2.45) is 0 Å². The van der Waals surface area contributed by atoms with Gasteiger partial charge in [-0.2, -0.15) is 0 Å². The van der Waals surface area contributed by atoms with Gasteiger partial charge in [0.15, 0.2) is 0 Å². The lowest BCUT2D eigenvalue weighted by molar-refractivity contribution is 0.0958. The Balaban J connectivity index is 1.55. The Bertz CT molecular complexity index is 2130. The van der Waals surface area contributed by atoms with Crippen molar-refractivity contribution >= 4 is 48.5 Å². The maximum absolute atomic E-state index is 13.1. The molecule has 6 rings (SSSR count). The molecular weight excluding hydrogens is 554 g/mol. The summed E-state index contributed by atoms with van der Waals surface area (Å²) in [6.07, 6.45) is 1.14. The van der Waals surface area contributed by atoms with Gasteiger partial charge in [-0.1, -0.05) is 35.5 Å². The number of methoxy groups -OCH3 is 1. The Hall–Kier alpha value is -4.77. The monoisotopic (exact) mass is 583 g/mol. The van der Waals surface area contributed by atoms with Crippen molar-refractivity contribution in [3.8, 4) is 28.1 Å². The van der Waals surface area contributed by atoms with Crippen LogP contribution >= 0.6 is 0 Å². The first-order valence-corrected chi connectivity index (χ1v) is 15.4. The van der Waals surface area contributed by atoms with Crippen molar-refractivity contribution in [1.29, 1.82) is 0 Å². The number of hydrogen-bond donors (Lipinski definition) is 2. The number of hydrogen-bond acceptors (Lipinski definition) is 8. The molecule has 0 saturated heterocycles. The van der Waals surface area contributed by atoms with E-state index < -0.39 is 9.84 Å². The third-order valence-electron chi connectivity index (χ3n) is 7.37. The molecule has 42 heavy (non-hydrogen) atoms. The van der Waals surface area contributed by atoms with Crippen molar-refractivity contribution < 1.29 is 22.5 Å². The van der Waals surface area contributed by atoms with Crippen molar-refractivity contribution in [1.82, 2.24) is 25.4 Å². The number of rotatable bonds is 7. The lowest BCUT2D eigenvalue weighted by Crippen LogP contribution is -2.28. The second kappa shape index (κ2) is 10.3. The first-order valence-electron chi connectivity index (χ1n) is 13.3. The predicted molar refractivity (Wildman–Crippen MR) is 163 cm³/mol. The Morgan fingerprint density at radius 2 is 1.76 bits per heavy atom. The van der Waals surface area contributed by atoms with E-state index in [2.05, 4.69) is 15.5 Å². The quantitative estimate of drug-likeness (QED) is 0.258. The molecule has 0 aliphatic rings. The first kappa shape index (κ1) is 27.4. The molecular formula is C31H29N5O5S. The summed E-state index contributed by atoms with van der Waals surface area (Å²) in [5.74, 6) is 1.48. The van der Waals surface area contributed by atoms with E-state index >= 15 is 0 Å². The number of nitrogens with zero attached hydrogens (tertiary/aromatic N) is 3. The number of fused-ring (bicyclic) bond motifs is 4. The van der Waals surface area contributed by atoms with Gasteiger partial charge in [-0.05, 0) is 49.7 Å². The van der Waals surface area contributed by atoms with Crippen LogP contribution in [0.15, 0.2) is 53.1 Å². The minimum absolute atomic E-state index is 0.0343. The molecule has 6 aromatic rings. The number of amides is 1. The minimum Gasteiger partial charge on any atom is -0.496 e. The van der Waals surface area contributed by atoms with E-state index in [-0.39, 0.29) is 18.2 Å². The van der Waals surface area contributed by atoms with Gasteiger partial charge in [0.1, 0.15) is 32.8 Å². The van der Waals surface area contributed by atoms with Crippen LogP contribution < -0.4 is 10.1 Å². The molecule has 0 radical (unpaired) electrons. The number of sulfone groups is 1. The zero-order valence-electron chi connectivity index (χ0n) is 23.8. The second-order valence-corrected chi connectivity index (χ2v) is 12.6. The van der Waals surface area contributed by atoms with Gasteiger partial charge in [-0.3, -0.25) is 4.79 Å². The fourth-order valence-corrected chi connectivity index (χ4v) is 5.98. The minimum atomic E-state index is -3.20. The summed E-state index contributed by atoms with van der Waals surface area (Å²) in [4.78, 5) is 26.1. The fourth-order valence-electron chi connectivity index (χ4n) is 5.51. The van der Waals surface area contributed by atoms with Crippen LogP contribution in [0.1, 0.15) is 27.6 Å². The Kier molecular flexibility index (Phi) is 6.69. The topological polar surface area (TPSA) is 140 Å². The summed E-state index contributed by atoms with van der Waals surface area (Å²) in [6, 6.07) is 15.2. The average molecular weight is 584 g/mol. The summed E-state index contributed by atoms with van der Waals surface area (Å²) < 4.78 is 34.3. The standard InChI is InChI=1S/C31H29N5O5S/c1-16-27(17(2)41-36-16)24-14-25-23(15-26(24)40-4)28-29(33-18(3)34-30(28)35-25)21-10-11-22(20-9-7-6-8-19(20)21)31(37)32-12-13-42(5,38)39/h6-11,14-15H,12-13H2,1-5H3,(H,32,37)(H,33,34,35). The molecule has 0 spiro atoms. The van der Waals surface area contributed by atoms with Crippen LogP contribution in [0.25, 0.3) is 55.1 Å². The molecule has 0 aliphatic carbocycles. The lowest BCUT2D eigenvalue weighted by Gasteiger charge is -2.13. The van der Waals surface area contributed by atoms with Crippen LogP contribution in [0.2, 0.25) is 0 Å². The molecule has 0 unspecified atom stereocenters. The zero-order chi connectivity index (χ0) is 29.8. The molecule has 1 amide bonds. The van der Waals surface area contributed by atoms with Crippen LogP contribution in [0.5, 0.6) is 5.75 Å². The number of aryl methyl sites for hydroxylation is 3. The third kappa shape index (κ3) is 4.75. The molecule has 0 aliphatic heterocycles. The Morgan fingerprint density at radius 1 is 1.00 bits per heavy atom. The van der Waals surface area contributed by atoms with E-state index in [0.29, 0.717) is 28.5 Å². The van der Waals surface area contributed by atoms with Crippen LogP contribution in [-0.2, 0) is 9.84 Å². The van der Waals surface area contributed by atoms with E-state index in [4.69, 9.17) is 19.2 Å². The molecule has 214 valence electrons. The number of carbonyl (C=O) groups excluding carboxylic acids is 1. The van der Waals surface area contributed by atoms with Crippen LogP contribution in [0.4, 0.5) is 0 Å². The molecule has 0 fully saturated rings. The van der Waals surface area contributed by atoms with Crippen LogP contribution in [0.3, 0.4) is 0 Å². The van der Waals surface area contributed by atoms with E-state index in [0.717, 1.165) is 61.4 Å². The highest BCUT2D eigenvalue weighted by Crippen LogP contribution is 2.42. The van der Waals surface area contributed by atoms with Gasteiger partial charge < -0.3 is 19.6 Å². The van der Waals surface area contributed by atoms with Gasteiger partial charge in [0.25, 0.3) is 5.91 Å². The average Bonchev–Trinajstić information content (AvgIpc) is 3.47. The number of benzene rings is 3. The van der Waals surface area contributed by atoms with Gasteiger partial charge in [-0.15, -0.1) is 0 Å². The van der Waals surface area contributed by atoms with Gasteiger partial charge in [0.05, 0.1) is 35.2 Å². The van der Waals surface area contributed by atoms with Crippen molar-refractivity contribution in [3.05, 3.63) is 71.4 Å². The number of ether oxygens (including phenoxy) is 1. The maximum atomic E-state index is 13.1. The number of aromatic nitrogens is 4. The highest BCUT2D eigenvalue weighted by molar-refractivity contribution is 7.90. The first-order chi connectivity index (χ1) is 20.1. The summed E-state index contributed by atoms with van der Waals surface area (Å²) >= 11 is 0. The predicted octanol–water partition coefficient (Wildman–Crippen LogP) is 5.29. The lowest BCUT2D eigenvalue weighted by atomic mass is 9.95. The fraction of sp³-hybridized carbons (Fsp3) is 0.226. The third-order valence-corrected chi connectivity index (χ3v) is 8.31. The maximum Gasteiger partial charge on any atom is 0.251 e. The highest BCUT2D eigenvalue weighted by Gasteiger charge is 2.22. The molecule has 10 nitrogen and oxygen atoms in total. The summed E-state index contributed by atoms with van der Waals surface area (Å²) in [5, 5.41) is 10.1. The van der Waals surface area contributed by atoms with E-state index in [1.807, 2.05) is 63.2 Å². The number of H-pyrrole nitrogens is 1. The largest absolute Gasteiger partial charge is 0.496 e. The van der Waals surface area contributed by atoms with E-state index in [1.54, 1.807) is 13.2 Å². The van der Waals surface area contributed by atoms with Crippen molar-refractivity contribution in [2.45, 2.75) is 20.8 Å². The summed E-state index contributed by atoms with van der Waals surface area (Å²) in [5.41, 5.74) is 6.05. The Morgan fingerprint density at radius 3 is 2.45 bits per heavy atom. The van der Waals surface area contributed by atoms with Gasteiger partial charge in [0, 0.05) is 40.4 Å². The molecule has 0 bridgehead atoms. The van der Waals surface area contributed by atoms with E-state index in [1.165, 1.54) is 0 Å². The van der Waals surface area contributed by atoms with Crippen molar-refractivity contribution in [2.75, 3.05) is 25.7 Å². The van der Waals surface area contributed by atoms with Gasteiger partial charge in [-0.25, -0.2) is 18.4 Å². The molecule has 0 saturated carbocycles.